The van der Waals surface area contributed by atoms with Gasteiger partial charge in [0.1, 0.15) is 5.75 Å². The van der Waals surface area contributed by atoms with Gasteiger partial charge in [0.25, 0.3) is 0 Å². The molecule has 0 spiro atoms. The molecule has 0 amide bonds. The Bertz CT molecular complexity index is 786. The summed E-state index contributed by atoms with van der Waals surface area (Å²) in [4.78, 5) is 6.26. The minimum Gasteiger partial charge on any atom is -0.495 e. The number of fused-ring (bicyclic) bond motifs is 1. The fourth-order valence-electron chi connectivity index (χ4n) is 2.53. The van der Waals surface area contributed by atoms with Crippen molar-refractivity contribution in [3.8, 4) is 5.75 Å². The second-order valence-corrected chi connectivity index (χ2v) is 4.83. The molecule has 3 rings (SSSR count). The number of nitrogen functional groups attached to an aromatic ring is 1. The average molecular weight is 279 g/mol. The highest BCUT2D eigenvalue weighted by atomic mass is 16.5. The molecular weight excluding hydrogens is 262 g/mol. The normalized spacial score (nSPS) is 10.6. The van der Waals surface area contributed by atoms with E-state index in [1.807, 2.05) is 49.5 Å². The number of nitrogens with two attached hydrogens (primary N) is 1. The van der Waals surface area contributed by atoms with Crippen LogP contribution in [0.4, 0.5) is 17.1 Å². The number of rotatable bonds is 3. The van der Waals surface area contributed by atoms with Crippen LogP contribution in [0, 0.1) is 0 Å². The third-order valence-electron chi connectivity index (χ3n) is 3.64. The Labute approximate surface area is 123 Å². The predicted octanol–water partition coefficient (Wildman–Crippen LogP) is 3.59. The van der Waals surface area contributed by atoms with Crippen LogP contribution in [0.15, 0.2) is 54.9 Å². The zero-order valence-corrected chi connectivity index (χ0v) is 12.1. The van der Waals surface area contributed by atoms with Gasteiger partial charge < -0.3 is 15.4 Å². The van der Waals surface area contributed by atoms with Crippen molar-refractivity contribution in [1.29, 1.82) is 0 Å². The first-order valence-electron chi connectivity index (χ1n) is 6.71. The maximum atomic E-state index is 6.04. The molecular formula is C17H17N3O. The highest BCUT2D eigenvalue weighted by Crippen LogP contribution is 2.37. The van der Waals surface area contributed by atoms with E-state index in [-0.39, 0.29) is 0 Å². The van der Waals surface area contributed by atoms with E-state index in [1.54, 1.807) is 19.5 Å². The summed E-state index contributed by atoms with van der Waals surface area (Å²) < 4.78 is 5.45. The molecule has 0 radical (unpaired) electrons. The molecule has 4 heteroatoms. The van der Waals surface area contributed by atoms with Gasteiger partial charge in [0.05, 0.1) is 12.8 Å². The number of hydrogen-bond donors (Lipinski definition) is 1. The van der Waals surface area contributed by atoms with Crippen LogP contribution in [0.3, 0.4) is 0 Å². The van der Waals surface area contributed by atoms with Gasteiger partial charge in [0.15, 0.2) is 0 Å². The van der Waals surface area contributed by atoms with E-state index in [1.165, 1.54) is 0 Å². The van der Waals surface area contributed by atoms with Gasteiger partial charge in [0, 0.05) is 41.6 Å². The molecule has 0 aliphatic rings. The maximum Gasteiger partial charge on any atom is 0.142 e. The van der Waals surface area contributed by atoms with Crippen LogP contribution in [-0.4, -0.2) is 19.1 Å². The van der Waals surface area contributed by atoms with E-state index in [0.29, 0.717) is 0 Å². The fourth-order valence-corrected chi connectivity index (χ4v) is 2.53. The van der Waals surface area contributed by atoms with E-state index in [9.17, 15) is 0 Å². The highest BCUT2D eigenvalue weighted by Gasteiger charge is 2.13. The summed E-state index contributed by atoms with van der Waals surface area (Å²) in [5.74, 6) is 0.832. The van der Waals surface area contributed by atoms with Crippen molar-refractivity contribution in [2.45, 2.75) is 0 Å². The third kappa shape index (κ3) is 2.25. The van der Waals surface area contributed by atoms with Gasteiger partial charge in [-0.15, -0.1) is 0 Å². The zero-order chi connectivity index (χ0) is 14.8. The molecule has 2 N–H and O–H groups in total. The number of methoxy groups -OCH3 is 1. The SMILES string of the molecule is COc1ccccc1N(C)c1ccc(N)c2cnccc12. The fraction of sp³-hybridized carbons (Fsp3) is 0.118. The molecule has 0 aliphatic carbocycles. The number of pyridine rings is 1. The van der Waals surface area contributed by atoms with Crippen LogP contribution < -0.4 is 15.4 Å². The smallest absolute Gasteiger partial charge is 0.142 e. The molecule has 106 valence electrons. The summed E-state index contributed by atoms with van der Waals surface area (Å²) in [5.41, 5.74) is 8.83. The summed E-state index contributed by atoms with van der Waals surface area (Å²) >= 11 is 0. The number of ether oxygens (including phenoxy) is 1. The molecule has 1 aromatic heterocycles. The molecule has 3 aromatic rings. The molecule has 1 heterocycles. The molecule has 0 unspecified atom stereocenters. The van der Waals surface area contributed by atoms with E-state index in [2.05, 4.69) is 9.88 Å². The number of nitrogens with zero attached hydrogens (tertiary/aromatic N) is 2. The highest BCUT2D eigenvalue weighted by molar-refractivity contribution is 6.02. The van der Waals surface area contributed by atoms with Gasteiger partial charge in [-0.2, -0.15) is 0 Å². The maximum absolute atomic E-state index is 6.04. The Kier molecular flexibility index (Phi) is 3.36. The molecule has 0 saturated carbocycles. The number of hydrogen-bond acceptors (Lipinski definition) is 4. The first-order chi connectivity index (χ1) is 10.2. The molecule has 0 bridgehead atoms. The van der Waals surface area contributed by atoms with Gasteiger partial charge in [-0.05, 0) is 30.3 Å². The summed E-state index contributed by atoms with van der Waals surface area (Å²) in [6.45, 7) is 0. The minimum atomic E-state index is 0.732. The van der Waals surface area contributed by atoms with Crippen molar-refractivity contribution in [2.75, 3.05) is 24.8 Å². The molecule has 0 saturated heterocycles. The van der Waals surface area contributed by atoms with Crippen molar-refractivity contribution < 1.29 is 4.74 Å². The Hall–Kier alpha value is -2.75. The standard InChI is InChI=1S/C17H17N3O/c1-20(16-5-3-4-6-17(16)21-2)15-8-7-14(18)13-11-19-10-9-12(13)15/h3-11H,18H2,1-2H3. The van der Waals surface area contributed by atoms with Gasteiger partial charge in [-0.25, -0.2) is 0 Å². The van der Waals surface area contributed by atoms with Crippen LogP contribution in [0.2, 0.25) is 0 Å². The molecule has 0 atom stereocenters. The summed E-state index contributed by atoms with van der Waals surface area (Å²) in [6, 6.07) is 13.8. The minimum absolute atomic E-state index is 0.732. The monoisotopic (exact) mass is 279 g/mol. The van der Waals surface area contributed by atoms with Gasteiger partial charge >= 0.3 is 0 Å². The van der Waals surface area contributed by atoms with E-state index >= 15 is 0 Å². The van der Waals surface area contributed by atoms with Crippen LogP contribution in [0.1, 0.15) is 0 Å². The number of benzene rings is 2. The van der Waals surface area contributed by atoms with Crippen LogP contribution >= 0.6 is 0 Å². The van der Waals surface area contributed by atoms with Crippen LogP contribution in [-0.2, 0) is 0 Å². The number of aromatic nitrogens is 1. The Morgan fingerprint density at radius 2 is 1.81 bits per heavy atom. The molecule has 21 heavy (non-hydrogen) atoms. The lowest BCUT2D eigenvalue weighted by atomic mass is 10.1. The van der Waals surface area contributed by atoms with E-state index in [4.69, 9.17) is 10.5 Å². The van der Waals surface area contributed by atoms with E-state index < -0.39 is 0 Å². The van der Waals surface area contributed by atoms with Gasteiger partial charge in [0.2, 0.25) is 0 Å². The number of para-hydroxylation sites is 2. The first-order valence-corrected chi connectivity index (χ1v) is 6.71. The molecule has 0 aliphatic heterocycles. The van der Waals surface area contributed by atoms with Crippen LogP contribution in [0.5, 0.6) is 5.75 Å². The zero-order valence-electron chi connectivity index (χ0n) is 12.1. The molecule has 4 nitrogen and oxygen atoms in total. The summed E-state index contributed by atoms with van der Waals surface area (Å²) in [7, 11) is 3.70. The Morgan fingerprint density at radius 3 is 2.62 bits per heavy atom. The quantitative estimate of drug-likeness (QED) is 0.744. The topological polar surface area (TPSA) is 51.4 Å². The lowest BCUT2D eigenvalue weighted by Crippen LogP contribution is -2.11. The van der Waals surface area contributed by atoms with Crippen LogP contribution in [0.25, 0.3) is 10.8 Å². The van der Waals surface area contributed by atoms with Crippen molar-refractivity contribution in [3.05, 3.63) is 54.9 Å². The van der Waals surface area contributed by atoms with Crippen molar-refractivity contribution in [2.24, 2.45) is 0 Å². The lowest BCUT2D eigenvalue weighted by molar-refractivity contribution is 0.415. The van der Waals surface area contributed by atoms with Crippen molar-refractivity contribution in [1.82, 2.24) is 4.98 Å². The Balaban J connectivity index is 2.18. The van der Waals surface area contributed by atoms with Crippen molar-refractivity contribution >= 4 is 27.8 Å². The predicted molar refractivity (Wildman–Crippen MR) is 87.2 cm³/mol. The van der Waals surface area contributed by atoms with E-state index in [0.717, 1.165) is 33.6 Å². The largest absolute Gasteiger partial charge is 0.495 e. The van der Waals surface area contributed by atoms with Gasteiger partial charge in [-0.1, -0.05) is 12.1 Å². The van der Waals surface area contributed by atoms with Crippen molar-refractivity contribution in [3.63, 3.8) is 0 Å². The molecule has 2 aromatic carbocycles. The number of anilines is 3. The average Bonchev–Trinajstić information content (AvgIpc) is 2.55. The first kappa shape index (κ1) is 13.2. The Morgan fingerprint density at radius 1 is 1.00 bits per heavy atom. The second kappa shape index (κ2) is 5.32. The summed E-state index contributed by atoms with van der Waals surface area (Å²) in [6.07, 6.45) is 3.57. The second-order valence-electron chi connectivity index (χ2n) is 4.83. The van der Waals surface area contributed by atoms with Gasteiger partial charge in [-0.3, -0.25) is 4.98 Å². The summed E-state index contributed by atoms with van der Waals surface area (Å²) in [5, 5.41) is 2.02. The molecule has 0 fully saturated rings. The third-order valence-corrected chi connectivity index (χ3v) is 3.64. The lowest BCUT2D eigenvalue weighted by Gasteiger charge is -2.23.